The van der Waals surface area contributed by atoms with E-state index in [1.165, 1.54) is 49.9 Å². The molecule has 0 saturated heterocycles. The standard InChI is InChI=1S/C44H32N6O/c1-25-7-5-8-26(2)38(25)33-15-16-34(39-27(3)9-6-10-28(39)4)41-40(33)32-14-12-30(22-36(32)42-46-17-19-49(41)42)51-29-11-13-31-35(21-29)43-47-18-20-50(43)44-37(31)23-45-24-48-44/h5-24H,1-4H3. The highest BCUT2D eigenvalue weighted by molar-refractivity contribution is 6.21. The van der Waals surface area contributed by atoms with Crippen LogP contribution in [-0.2, 0) is 0 Å². The SMILES string of the molecule is Cc1cccc(C)c1-c1ccc(-c2c(C)cccc2C)c2c1c1ccc(Oc3ccc4c5cncnc5n5ccnc5c4c3)cc1c1nccn12. The molecule has 0 saturated carbocycles. The van der Waals surface area contributed by atoms with Crippen LogP contribution >= 0.6 is 0 Å². The van der Waals surface area contributed by atoms with Gasteiger partial charge in [0.05, 0.1) is 5.52 Å². The largest absolute Gasteiger partial charge is 0.457 e. The normalized spacial score (nSPS) is 11.9. The Balaban J connectivity index is 1.22. The summed E-state index contributed by atoms with van der Waals surface area (Å²) in [5.74, 6) is 1.45. The van der Waals surface area contributed by atoms with Gasteiger partial charge in [0, 0.05) is 58.1 Å². The third-order valence-corrected chi connectivity index (χ3v) is 10.4. The quantitative estimate of drug-likeness (QED) is 0.176. The van der Waals surface area contributed by atoms with Crippen molar-refractivity contribution in [1.82, 2.24) is 28.7 Å². The molecule has 0 aliphatic carbocycles. The van der Waals surface area contributed by atoms with Crippen molar-refractivity contribution in [2.75, 3.05) is 0 Å². The van der Waals surface area contributed by atoms with E-state index in [0.29, 0.717) is 0 Å². The second-order valence-corrected chi connectivity index (χ2v) is 13.4. The Bertz CT molecular complexity index is 3020. The molecule has 7 nitrogen and oxygen atoms in total. The van der Waals surface area contributed by atoms with Crippen molar-refractivity contribution >= 4 is 54.8 Å². The maximum absolute atomic E-state index is 6.64. The van der Waals surface area contributed by atoms with Crippen molar-refractivity contribution in [3.8, 4) is 33.8 Å². The Kier molecular flexibility index (Phi) is 6.30. The number of aryl methyl sites for hydroxylation is 4. The van der Waals surface area contributed by atoms with Crippen molar-refractivity contribution in [3.63, 3.8) is 0 Å². The molecule has 0 radical (unpaired) electrons. The summed E-state index contributed by atoms with van der Waals surface area (Å²) >= 11 is 0. The van der Waals surface area contributed by atoms with Crippen molar-refractivity contribution in [1.29, 1.82) is 0 Å². The minimum absolute atomic E-state index is 0.719. The molecule has 0 amide bonds. The molecule has 0 aliphatic heterocycles. The smallest absolute Gasteiger partial charge is 0.149 e. The minimum atomic E-state index is 0.719. The Morgan fingerprint density at radius 3 is 1.75 bits per heavy atom. The van der Waals surface area contributed by atoms with Crippen LogP contribution in [0.2, 0.25) is 0 Å². The Labute approximate surface area is 293 Å². The predicted molar refractivity (Wildman–Crippen MR) is 206 cm³/mol. The van der Waals surface area contributed by atoms with E-state index in [9.17, 15) is 0 Å². The van der Waals surface area contributed by atoms with Gasteiger partial charge in [-0.3, -0.25) is 8.80 Å². The summed E-state index contributed by atoms with van der Waals surface area (Å²) in [6.07, 6.45) is 11.1. The lowest BCUT2D eigenvalue weighted by molar-refractivity contribution is 0.484. The lowest BCUT2D eigenvalue weighted by Gasteiger charge is -2.21. The number of fused-ring (bicyclic) bond motifs is 12. The van der Waals surface area contributed by atoms with Crippen LogP contribution in [0, 0.1) is 27.7 Å². The third kappa shape index (κ3) is 4.31. The molecule has 0 fully saturated rings. The molecule has 5 heterocycles. The molecule has 0 bridgehead atoms. The predicted octanol–water partition coefficient (Wildman–Crippen LogP) is 10.7. The summed E-state index contributed by atoms with van der Waals surface area (Å²) in [7, 11) is 0. The molecular formula is C44H32N6O. The molecule has 0 atom stereocenters. The first-order valence-electron chi connectivity index (χ1n) is 17.1. The van der Waals surface area contributed by atoms with Gasteiger partial charge in [-0.15, -0.1) is 0 Å². The molecule has 0 unspecified atom stereocenters. The van der Waals surface area contributed by atoms with E-state index >= 15 is 0 Å². The number of imidazole rings is 2. The zero-order chi connectivity index (χ0) is 34.4. The van der Waals surface area contributed by atoms with Crippen LogP contribution in [0.3, 0.4) is 0 Å². The van der Waals surface area contributed by atoms with E-state index in [1.54, 1.807) is 12.5 Å². The van der Waals surface area contributed by atoms with E-state index in [2.05, 4.69) is 132 Å². The van der Waals surface area contributed by atoms with Crippen molar-refractivity contribution in [3.05, 3.63) is 144 Å². The molecule has 0 spiro atoms. The van der Waals surface area contributed by atoms with Gasteiger partial charge in [-0.25, -0.2) is 19.9 Å². The van der Waals surface area contributed by atoms with Crippen LogP contribution in [0.15, 0.2) is 122 Å². The van der Waals surface area contributed by atoms with E-state index in [-0.39, 0.29) is 0 Å². The first kappa shape index (κ1) is 29.3. The molecule has 7 heteroatoms. The molecule has 51 heavy (non-hydrogen) atoms. The van der Waals surface area contributed by atoms with Gasteiger partial charge in [0.2, 0.25) is 0 Å². The lowest BCUT2D eigenvalue weighted by atomic mass is 9.86. The monoisotopic (exact) mass is 660 g/mol. The fourth-order valence-corrected chi connectivity index (χ4v) is 8.20. The van der Waals surface area contributed by atoms with Gasteiger partial charge in [0.1, 0.15) is 34.8 Å². The van der Waals surface area contributed by atoms with Crippen molar-refractivity contribution in [2.45, 2.75) is 27.7 Å². The Hall–Kier alpha value is -6.60. The van der Waals surface area contributed by atoms with Crippen LogP contribution in [0.1, 0.15) is 22.3 Å². The highest BCUT2D eigenvalue weighted by atomic mass is 16.5. The number of hydrogen-bond donors (Lipinski definition) is 0. The fraction of sp³-hybridized carbons (Fsp3) is 0.0909. The maximum atomic E-state index is 6.64. The first-order chi connectivity index (χ1) is 25.0. The fourth-order valence-electron chi connectivity index (χ4n) is 8.20. The van der Waals surface area contributed by atoms with Gasteiger partial charge in [-0.05, 0) is 114 Å². The van der Waals surface area contributed by atoms with Crippen molar-refractivity contribution < 1.29 is 4.74 Å². The number of nitrogens with zero attached hydrogens (tertiary/aromatic N) is 6. The number of benzene rings is 5. The minimum Gasteiger partial charge on any atom is -0.457 e. The Morgan fingerprint density at radius 2 is 1.06 bits per heavy atom. The summed E-state index contributed by atoms with van der Waals surface area (Å²) in [5.41, 5.74) is 13.6. The summed E-state index contributed by atoms with van der Waals surface area (Å²) in [4.78, 5) is 18.4. The molecule has 0 aliphatic rings. The van der Waals surface area contributed by atoms with Crippen LogP contribution in [0.5, 0.6) is 11.5 Å². The van der Waals surface area contributed by atoms with Crippen LogP contribution in [-0.4, -0.2) is 28.7 Å². The van der Waals surface area contributed by atoms with Gasteiger partial charge in [0.15, 0.2) is 0 Å². The van der Waals surface area contributed by atoms with E-state index < -0.39 is 0 Å². The topological polar surface area (TPSA) is 69.6 Å². The van der Waals surface area contributed by atoms with Crippen LogP contribution < -0.4 is 4.74 Å². The first-order valence-corrected chi connectivity index (χ1v) is 17.1. The third-order valence-electron chi connectivity index (χ3n) is 10.4. The molecule has 0 N–H and O–H groups in total. The number of aromatic nitrogens is 6. The van der Waals surface area contributed by atoms with Crippen molar-refractivity contribution in [2.24, 2.45) is 0 Å². The van der Waals surface area contributed by atoms with Gasteiger partial charge >= 0.3 is 0 Å². The van der Waals surface area contributed by atoms with Gasteiger partial charge in [-0.2, -0.15) is 0 Å². The van der Waals surface area contributed by atoms with E-state index in [1.807, 2.05) is 29.1 Å². The second-order valence-electron chi connectivity index (χ2n) is 13.4. The summed E-state index contributed by atoms with van der Waals surface area (Å²) in [6.45, 7) is 8.80. The summed E-state index contributed by atoms with van der Waals surface area (Å²) in [5, 5.41) is 6.31. The van der Waals surface area contributed by atoms with Gasteiger partial charge in [0.25, 0.3) is 0 Å². The highest BCUT2D eigenvalue weighted by Gasteiger charge is 2.21. The van der Waals surface area contributed by atoms with E-state index in [4.69, 9.17) is 9.72 Å². The number of ether oxygens (including phenoxy) is 1. The molecule has 10 rings (SSSR count). The number of pyridine rings is 2. The summed E-state index contributed by atoms with van der Waals surface area (Å²) in [6, 6.07) is 30.2. The lowest BCUT2D eigenvalue weighted by Crippen LogP contribution is -1.99. The average molecular weight is 661 g/mol. The van der Waals surface area contributed by atoms with Gasteiger partial charge in [-0.1, -0.05) is 48.5 Å². The average Bonchev–Trinajstić information content (AvgIpc) is 3.84. The zero-order valence-electron chi connectivity index (χ0n) is 28.6. The maximum Gasteiger partial charge on any atom is 0.149 e. The highest BCUT2D eigenvalue weighted by Crippen LogP contribution is 2.45. The molecule has 5 aromatic carbocycles. The number of rotatable bonds is 4. The molecular weight excluding hydrogens is 629 g/mol. The summed E-state index contributed by atoms with van der Waals surface area (Å²) < 4.78 is 10.9. The zero-order valence-corrected chi connectivity index (χ0v) is 28.6. The number of hydrogen-bond acceptors (Lipinski definition) is 5. The Morgan fingerprint density at radius 1 is 0.510 bits per heavy atom. The van der Waals surface area contributed by atoms with Gasteiger partial charge < -0.3 is 4.74 Å². The molecule has 244 valence electrons. The second kappa shape index (κ2) is 11.0. The van der Waals surface area contributed by atoms with Crippen LogP contribution in [0.4, 0.5) is 0 Å². The van der Waals surface area contributed by atoms with E-state index in [0.717, 1.165) is 60.9 Å². The molecule has 10 aromatic rings. The molecule has 5 aromatic heterocycles. The van der Waals surface area contributed by atoms with Crippen LogP contribution in [0.25, 0.3) is 77.0 Å².